The molecule has 6 atom stereocenters. The van der Waals surface area contributed by atoms with Crippen molar-refractivity contribution in [2.75, 3.05) is 0 Å². The van der Waals surface area contributed by atoms with Crippen LogP contribution < -0.4 is 0 Å². The molecule has 2 bridgehead atoms. The van der Waals surface area contributed by atoms with Crippen LogP contribution in [-0.2, 0) is 16.1 Å². The van der Waals surface area contributed by atoms with Gasteiger partial charge in [0, 0.05) is 29.2 Å². The number of carbonyl (C=O) groups is 2. The zero-order valence-corrected chi connectivity index (χ0v) is 19.7. The highest BCUT2D eigenvalue weighted by molar-refractivity contribution is 6.42. The van der Waals surface area contributed by atoms with Crippen molar-refractivity contribution in [1.29, 1.82) is 0 Å². The molecule has 34 heavy (non-hydrogen) atoms. The molecule has 8 rings (SSSR count). The van der Waals surface area contributed by atoms with Gasteiger partial charge in [0.15, 0.2) is 0 Å². The van der Waals surface area contributed by atoms with Gasteiger partial charge in [0.25, 0.3) is 11.8 Å². The van der Waals surface area contributed by atoms with E-state index in [2.05, 4.69) is 21.8 Å². The average Bonchev–Trinajstić information content (AvgIpc) is 3.55. The van der Waals surface area contributed by atoms with Crippen LogP contribution >= 0.6 is 23.2 Å². The van der Waals surface area contributed by atoms with E-state index in [1.54, 1.807) is 12.3 Å². The highest BCUT2D eigenvalue weighted by Crippen LogP contribution is 2.65. The van der Waals surface area contributed by atoms with E-state index in [9.17, 15) is 9.59 Å². The molecule has 0 N–H and O–H groups in total. The molecule has 0 unspecified atom stereocenters. The molecule has 0 spiro atoms. The molecule has 3 fully saturated rings. The first-order chi connectivity index (χ1) is 16.5. The molecular formula is C27H21Cl2N3O2. The highest BCUT2D eigenvalue weighted by atomic mass is 35.5. The number of benzene rings is 2. The fourth-order valence-electron chi connectivity index (χ4n) is 6.52. The van der Waals surface area contributed by atoms with Crippen LogP contribution in [0.1, 0.15) is 17.5 Å². The summed E-state index contributed by atoms with van der Waals surface area (Å²) >= 11 is 12.3. The maximum absolute atomic E-state index is 13.2. The van der Waals surface area contributed by atoms with Crippen molar-refractivity contribution in [3.05, 3.63) is 82.0 Å². The topological polar surface area (TPSA) is 54.7 Å². The number of hydrazone groups is 1. The molecule has 2 heterocycles. The summed E-state index contributed by atoms with van der Waals surface area (Å²) in [6, 6.07) is 13.6. The van der Waals surface area contributed by atoms with Crippen LogP contribution in [0.4, 0.5) is 0 Å². The number of fused-ring (bicyclic) bond motifs is 1. The first kappa shape index (κ1) is 20.5. The Balaban J connectivity index is 1.20. The van der Waals surface area contributed by atoms with Crippen LogP contribution in [0.3, 0.4) is 0 Å². The second kappa shape index (κ2) is 7.30. The van der Waals surface area contributed by atoms with E-state index in [-0.39, 0.29) is 35.5 Å². The molecule has 1 saturated heterocycles. The first-order valence-electron chi connectivity index (χ1n) is 11.6. The lowest BCUT2D eigenvalue weighted by atomic mass is 9.63. The highest BCUT2D eigenvalue weighted by Gasteiger charge is 2.67. The second-order valence-corrected chi connectivity index (χ2v) is 10.7. The summed E-state index contributed by atoms with van der Waals surface area (Å²) in [7, 11) is 0. The van der Waals surface area contributed by atoms with Gasteiger partial charge in [-0.3, -0.25) is 9.59 Å². The predicted molar refractivity (Wildman–Crippen MR) is 132 cm³/mol. The molecule has 1 aromatic heterocycles. The molecule has 4 aliphatic carbocycles. The zero-order chi connectivity index (χ0) is 23.1. The van der Waals surface area contributed by atoms with Crippen molar-refractivity contribution < 1.29 is 9.59 Å². The number of nitrogens with zero attached hydrogens (tertiary/aromatic N) is 3. The third-order valence-corrected chi connectivity index (χ3v) is 8.85. The number of imide groups is 1. The van der Waals surface area contributed by atoms with Crippen LogP contribution in [0, 0.1) is 35.5 Å². The van der Waals surface area contributed by atoms with Crippen LogP contribution in [0.25, 0.3) is 10.9 Å². The number of halogens is 2. The minimum absolute atomic E-state index is 0.143. The molecular weight excluding hydrogens is 469 g/mol. The van der Waals surface area contributed by atoms with Gasteiger partial charge in [-0.1, -0.05) is 59.6 Å². The van der Waals surface area contributed by atoms with Gasteiger partial charge in [-0.05, 0) is 53.9 Å². The normalized spacial score (nSPS) is 31.1. The Labute approximate surface area is 206 Å². The predicted octanol–water partition coefficient (Wildman–Crippen LogP) is 5.38. The molecule has 5 aliphatic rings. The van der Waals surface area contributed by atoms with E-state index in [1.165, 1.54) is 0 Å². The van der Waals surface area contributed by atoms with Gasteiger partial charge in [0.2, 0.25) is 0 Å². The lowest BCUT2D eigenvalue weighted by Gasteiger charge is -2.37. The summed E-state index contributed by atoms with van der Waals surface area (Å²) in [5, 5.41) is 7.63. The van der Waals surface area contributed by atoms with Gasteiger partial charge in [-0.25, -0.2) is 0 Å². The number of hydrogen-bond acceptors (Lipinski definition) is 3. The van der Waals surface area contributed by atoms with Crippen LogP contribution in [0.2, 0.25) is 10.0 Å². The van der Waals surface area contributed by atoms with Crippen molar-refractivity contribution in [1.82, 2.24) is 9.58 Å². The Bertz CT molecular complexity index is 1400. The Morgan fingerprint density at radius 3 is 2.35 bits per heavy atom. The van der Waals surface area contributed by atoms with Gasteiger partial charge < -0.3 is 4.57 Å². The molecule has 2 amide bonds. The summed E-state index contributed by atoms with van der Waals surface area (Å²) in [6.07, 6.45) is 9.15. The summed E-state index contributed by atoms with van der Waals surface area (Å²) in [5.41, 5.74) is 2.91. The SMILES string of the molecule is O=C1[C@@H]2[C@H]3C=C[C@@H]([C@@H]4C[C@@H]34)[C@H]2C(=O)N1N=Cc1cn(Cc2ccc(Cl)c(Cl)c2)c2ccccc12. The van der Waals surface area contributed by atoms with Gasteiger partial charge >= 0.3 is 0 Å². The van der Waals surface area contributed by atoms with Crippen molar-refractivity contribution in [2.45, 2.75) is 13.0 Å². The minimum Gasteiger partial charge on any atom is -0.342 e. The average molecular weight is 490 g/mol. The van der Waals surface area contributed by atoms with Crippen LogP contribution in [0.15, 0.2) is 65.9 Å². The van der Waals surface area contributed by atoms with Gasteiger partial charge in [0.1, 0.15) is 0 Å². The van der Waals surface area contributed by atoms with Gasteiger partial charge in [-0.15, -0.1) is 0 Å². The molecule has 7 heteroatoms. The molecule has 2 saturated carbocycles. The number of carbonyl (C=O) groups excluding carboxylic acids is 2. The lowest BCUT2D eigenvalue weighted by molar-refractivity contribution is -0.140. The van der Waals surface area contributed by atoms with Crippen molar-refractivity contribution in [3.63, 3.8) is 0 Å². The molecule has 0 radical (unpaired) electrons. The first-order valence-corrected chi connectivity index (χ1v) is 12.4. The number of para-hydroxylation sites is 1. The Hall–Kier alpha value is -2.89. The number of rotatable bonds is 4. The number of aromatic nitrogens is 1. The molecule has 2 aromatic carbocycles. The Kier molecular flexibility index (Phi) is 4.40. The van der Waals surface area contributed by atoms with E-state index >= 15 is 0 Å². The van der Waals surface area contributed by atoms with Gasteiger partial charge in [0.05, 0.1) is 28.1 Å². The summed E-state index contributed by atoms with van der Waals surface area (Å²) in [4.78, 5) is 26.4. The standard InChI is InChI=1S/C27H21Cl2N3O2/c28-21-8-5-14(9-22(21)29)12-31-13-15(16-3-1-2-4-23(16)31)11-30-32-26(33)24-17-6-7-18(20-10-19(17)20)25(24)27(32)34/h1-9,11,13,17-20,24-25H,10,12H2/t17-,18-,19-,20-,24+,25+/m0/s1. The zero-order valence-electron chi connectivity index (χ0n) is 18.1. The number of amides is 2. The monoisotopic (exact) mass is 489 g/mol. The quantitative estimate of drug-likeness (QED) is 0.280. The maximum atomic E-state index is 13.2. The summed E-state index contributed by atoms with van der Waals surface area (Å²) < 4.78 is 2.11. The summed E-state index contributed by atoms with van der Waals surface area (Å²) in [6.45, 7) is 0.606. The Morgan fingerprint density at radius 2 is 1.65 bits per heavy atom. The third-order valence-electron chi connectivity index (χ3n) is 8.11. The maximum Gasteiger partial charge on any atom is 0.254 e. The lowest BCUT2D eigenvalue weighted by Crippen LogP contribution is -2.40. The second-order valence-electron chi connectivity index (χ2n) is 9.87. The van der Waals surface area contributed by atoms with Crippen LogP contribution in [-0.4, -0.2) is 27.6 Å². The van der Waals surface area contributed by atoms with Crippen LogP contribution in [0.5, 0.6) is 0 Å². The smallest absolute Gasteiger partial charge is 0.254 e. The fourth-order valence-corrected chi connectivity index (χ4v) is 6.84. The molecule has 5 nitrogen and oxygen atoms in total. The number of allylic oxidation sites excluding steroid dienone is 2. The van der Waals surface area contributed by atoms with E-state index in [4.69, 9.17) is 23.2 Å². The van der Waals surface area contributed by atoms with E-state index in [0.29, 0.717) is 28.4 Å². The molecule has 3 aromatic rings. The van der Waals surface area contributed by atoms with Gasteiger partial charge in [-0.2, -0.15) is 10.1 Å². The van der Waals surface area contributed by atoms with E-state index < -0.39 is 0 Å². The number of hydrogen-bond donors (Lipinski definition) is 0. The summed E-state index contributed by atoms with van der Waals surface area (Å²) in [5.74, 6) is 0.798. The largest absolute Gasteiger partial charge is 0.342 e. The third kappa shape index (κ3) is 2.90. The minimum atomic E-state index is -0.237. The van der Waals surface area contributed by atoms with E-state index in [1.807, 2.05) is 42.6 Å². The van der Waals surface area contributed by atoms with Crippen molar-refractivity contribution >= 4 is 52.1 Å². The molecule has 1 aliphatic heterocycles. The van der Waals surface area contributed by atoms with Crippen molar-refractivity contribution in [3.8, 4) is 0 Å². The van der Waals surface area contributed by atoms with E-state index in [0.717, 1.165) is 33.5 Å². The molecule has 170 valence electrons. The Morgan fingerprint density at radius 1 is 0.941 bits per heavy atom. The van der Waals surface area contributed by atoms with Crippen molar-refractivity contribution in [2.24, 2.45) is 40.6 Å². The fraction of sp³-hybridized carbons (Fsp3) is 0.296.